The number of hydrogen-bond donors (Lipinski definition) is 2. The van der Waals surface area contributed by atoms with Crippen molar-refractivity contribution in [3.63, 3.8) is 0 Å². The Morgan fingerprint density at radius 3 is 2.38 bits per heavy atom. The number of carbonyl (C=O) groups excluding carboxylic acids is 2. The summed E-state index contributed by atoms with van der Waals surface area (Å²) in [5.74, 6) is 0.950. The van der Waals surface area contributed by atoms with Crippen molar-refractivity contribution in [3.05, 3.63) is 59.7 Å². The first-order valence-electron chi connectivity index (χ1n) is 12.3. The van der Waals surface area contributed by atoms with Gasteiger partial charge >= 0.3 is 0 Å². The molecular weight excluding hydrogens is 446 g/mol. The van der Waals surface area contributed by atoms with Gasteiger partial charge in [0.25, 0.3) is 5.91 Å². The highest BCUT2D eigenvalue weighted by molar-refractivity contribution is 6.20. The maximum absolute atomic E-state index is 13.1. The van der Waals surface area contributed by atoms with Crippen LogP contribution in [0.5, 0.6) is 0 Å². The third-order valence-corrected chi connectivity index (χ3v) is 7.11. The number of alkyl halides is 1. The van der Waals surface area contributed by atoms with Gasteiger partial charge in [0, 0.05) is 36.9 Å². The second-order valence-electron chi connectivity index (χ2n) is 10.4. The molecule has 0 aromatic heterocycles. The Labute approximate surface area is 209 Å². The average molecular weight is 484 g/mol. The van der Waals surface area contributed by atoms with Gasteiger partial charge in [-0.2, -0.15) is 0 Å². The summed E-state index contributed by atoms with van der Waals surface area (Å²) in [5.41, 5.74) is 2.83. The van der Waals surface area contributed by atoms with E-state index in [9.17, 15) is 9.59 Å². The fraction of sp³-hybridized carbons (Fsp3) is 0.500. The summed E-state index contributed by atoms with van der Waals surface area (Å²) >= 11 is 5.96. The minimum absolute atomic E-state index is 0.109. The van der Waals surface area contributed by atoms with Gasteiger partial charge in [-0.05, 0) is 68.7 Å². The number of benzene rings is 2. The zero-order valence-corrected chi connectivity index (χ0v) is 21.6. The lowest BCUT2D eigenvalue weighted by molar-refractivity contribution is -0.122. The third kappa shape index (κ3) is 6.99. The van der Waals surface area contributed by atoms with E-state index in [2.05, 4.69) is 59.7 Å². The standard InChI is InChI=1S/C28H38ClN3O2/c1-20(2)18-30-26(33)24-17-23(31-27(34)28(3,4)19-29)10-11-25(24)32-14-12-22(13-15-32)16-21-8-6-5-7-9-21/h5-11,17,20,22H,12-16,18-19H2,1-4H3,(H,30,33)(H,31,34). The molecule has 1 heterocycles. The van der Waals surface area contributed by atoms with Crippen LogP contribution in [0.4, 0.5) is 11.4 Å². The van der Waals surface area contributed by atoms with Crippen LogP contribution in [-0.2, 0) is 11.2 Å². The van der Waals surface area contributed by atoms with Gasteiger partial charge in [0.2, 0.25) is 5.91 Å². The van der Waals surface area contributed by atoms with E-state index in [-0.39, 0.29) is 17.7 Å². The van der Waals surface area contributed by atoms with E-state index in [1.54, 1.807) is 19.9 Å². The van der Waals surface area contributed by atoms with Crippen molar-refractivity contribution >= 4 is 34.8 Å². The van der Waals surface area contributed by atoms with Crippen molar-refractivity contribution < 1.29 is 9.59 Å². The van der Waals surface area contributed by atoms with Crippen LogP contribution in [-0.4, -0.2) is 37.3 Å². The smallest absolute Gasteiger partial charge is 0.253 e. The Hall–Kier alpha value is -2.53. The number of rotatable bonds is 9. The number of halogens is 1. The van der Waals surface area contributed by atoms with Crippen LogP contribution in [0, 0.1) is 17.3 Å². The lowest BCUT2D eigenvalue weighted by atomic mass is 9.89. The van der Waals surface area contributed by atoms with E-state index in [0.717, 1.165) is 38.0 Å². The van der Waals surface area contributed by atoms with Crippen LogP contribution in [0.25, 0.3) is 0 Å². The number of hydrogen-bond acceptors (Lipinski definition) is 3. The van der Waals surface area contributed by atoms with E-state index in [1.807, 2.05) is 12.1 Å². The molecule has 0 spiro atoms. The molecule has 1 fully saturated rings. The molecular formula is C28H38ClN3O2. The molecule has 6 heteroatoms. The maximum Gasteiger partial charge on any atom is 0.253 e. The number of amides is 2. The minimum Gasteiger partial charge on any atom is -0.371 e. The van der Waals surface area contributed by atoms with Crippen LogP contribution < -0.4 is 15.5 Å². The molecule has 2 aromatic rings. The highest BCUT2D eigenvalue weighted by Gasteiger charge is 2.28. The molecule has 34 heavy (non-hydrogen) atoms. The molecule has 0 saturated carbocycles. The van der Waals surface area contributed by atoms with Crippen molar-refractivity contribution in [1.82, 2.24) is 5.32 Å². The van der Waals surface area contributed by atoms with Crippen molar-refractivity contribution in [2.45, 2.75) is 47.0 Å². The lowest BCUT2D eigenvalue weighted by Crippen LogP contribution is -2.37. The molecule has 184 valence electrons. The normalized spacial score (nSPS) is 14.8. The molecule has 5 nitrogen and oxygen atoms in total. The molecule has 2 N–H and O–H groups in total. The van der Waals surface area contributed by atoms with Crippen LogP contribution in [0.1, 0.15) is 56.5 Å². The van der Waals surface area contributed by atoms with Gasteiger partial charge in [-0.15, -0.1) is 11.6 Å². The first-order chi connectivity index (χ1) is 16.2. The van der Waals surface area contributed by atoms with E-state index < -0.39 is 5.41 Å². The zero-order valence-electron chi connectivity index (χ0n) is 20.9. The molecule has 0 aliphatic carbocycles. The topological polar surface area (TPSA) is 61.4 Å². The van der Waals surface area contributed by atoms with Crippen molar-refractivity contribution in [3.8, 4) is 0 Å². The summed E-state index contributed by atoms with van der Waals surface area (Å²) < 4.78 is 0. The average Bonchev–Trinajstić information content (AvgIpc) is 2.83. The van der Waals surface area contributed by atoms with Crippen LogP contribution in [0.15, 0.2) is 48.5 Å². The molecule has 2 aromatic carbocycles. The summed E-state index contributed by atoms with van der Waals surface area (Å²) in [5, 5.41) is 5.98. The molecule has 0 unspecified atom stereocenters. The molecule has 3 rings (SSSR count). The summed E-state index contributed by atoms with van der Waals surface area (Å²) in [6.07, 6.45) is 3.27. The van der Waals surface area contributed by atoms with E-state index >= 15 is 0 Å². The number of anilines is 2. The van der Waals surface area contributed by atoms with Gasteiger partial charge < -0.3 is 15.5 Å². The molecule has 2 amide bonds. The van der Waals surface area contributed by atoms with Gasteiger partial charge in [-0.25, -0.2) is 0 Å². The number of nitrogens with zero attached hydrogens (tertiary/aromatic N) is 1. The van der Waals surface area contributed by atoms with E-state index in [4.69, 9.17) is 11.6 Å². The predicted molar refractivity (Wildman–Crippen MR) is 142 cm³/mol. The van der Waals surface area contributed by atoms with Crippen molar-refractivity contribution in [1.29, 1.82) is 0 Å². The number of carbonyl (C=O) groups is 2. The Morgan fingerprint density at radius 1 is 1.09 bits per heavy atom. The Balaban J connectivity index is 1.76. The quantitative estimate of drug-likeness (QED) is 0.447. The molecule has 1 saturated heterocycles. The lowest BCUT2D eigenvalue weighted by Gasteiger charge is -2.35. The van der Waals surface area contributed by atoms with Crippen molar-refractivity contribution in [2.75, 3.05) is 35.7 Å². The van der Waals surface area contributed by atoms with Crippen LogP contribution >= 0.6 is 11.6 Å². The summed E-state index contributed by atoms with van der Waals surface area (Å²) in [6, 6.07) is 16.3. The molecule has 0 radical (unpaired) electrons. The van der Waals surface area contributed by atoms with Gasteiger partial charge in [0.15, 0.2) is 0 Å². The Kier molecular flexibility index (Phi) is 9.01. The maximum atomic E-state index is 13.1. The van der Waals surface area contributed by atoms with Crippen molar-refractivity contribution in [2.24, 2.45) is 17.3 Å². The largest absolute Gasteiger partial charge is 0.371 e. The molecule has 1 aliphatic rings. The minimum atomic E-state index is -0.694. The van der Waals surface area contributed by atoms with Gasteiger partial charge in [0.05, 0.1) is 11.0 Å². The number of nitrogens with one attached hydrogen (secondary N) is 2. The Morgan fingerprint density at radius 2 is 1.76 bits per heavy atom. The van der Waals surface area contributed by atoms with Gasteiger partial charge in [0.1, 0.15) is 0 Å². The van der Waals surface area contributed by atoms with Crippen LogP contribution in [0.2, 0.25) is 0 Å². The zero-order chi connectivity index (χ0) is 24.7. The Bertz CT molecular complexity index is 967. The predicted octanol–water partition coefficient (Wildman–Crippen LogP) is 5.74. The third-order valence-electron chi connectivity index (χ3n) is 6.44. The van der Waals surface area contributed by atoms with Gasteiger partial charge in [-0.1, -0.05) is 44.2 Å². The van der Waals surface area contributed by atoms with Crippen LogP contribution in [0.3, 0.4) is 0 Å². The SMILES string of the molecule is CC(C)CNC(=O)c1cc(NC(=O)C(C)(C)CCl)ccc1N1CCC(Cc2ccccc2)CC1. The number of piperidine rings is 1. The summed E-state index contributed by atoms with van der Waals surface area (Å²) in [7, 11) is 0. The summed E-state index contributed by atoms with van der Waals surface area (Å²) in [6.45, 7) is 10.2. The first kappa shape index (κ1) is 26.1. The second-order valence-corrected chi connectivity index (χ2v) is 10.7. The monoisotopic (exact) mass is 483 g/mol. The first-order valence-corrected chi connectivity index (χ1v) is 12.8. The summed E-state index contributed by atoms with van der Waals surface area (Å²) in [4.78, 5) is 28.1. The van der Waals surface area contributed by atoms with Gasteiger partial charge in [-0.3, -0.25) is 9.59 Å². The fourth-order valence-corrected chi connectivity index (χ4v) is 4.27. The van der Waals surface area contributed by atoms with E-state index in [1.165, 1.54) is 5.56 Å². The van der Waals surface area contributed by atoms with E-state index in [0.29, 0.717) is 29.6 Å². The fourth-order valence-electron chi connectivity index (χ4n) is 4.15. The molecule has 0 bridgehead atoms. The highest BCUT2D eigenvalue weighted by atomic mass is 35.5. The molecule has 0 atom stereocenters. The molecule has 1 aliphatic heterocycles. The second kappa shape index (κ2) is 11.7. The highest BCUT2D eigenvalue weighted by Crippen LogP contribution is 2.31.